The summed E-state index contributed by atoms with van der Waals surface area (Å²) in [6, 6.07) is 5.58. The van der Waals surface area contributed by atoms with Gasteiger partial charge >= 0.3 is 1.43 Å². The smallest absolute Gasteiger partial charge is 1.00 e. The molecule has 0 aromatic heterocycles. The number of nitrogens with one attached hydrogen (secondary N) is 1. The van der Waals surface area contributed by atoms with Gasteiger partial charge in [-0.1, -0.05) is 12.1 Å². The van der Waals surface area contributed by atoms with Crippen molar-refractivity contribution in [2.24, 2.45) is 0 Å². The van der Waals surface area contributed by atoms with Crippen molar-refractivity contribution in [3.63, 3.8) is 0 Å². The molecule has 1 unspecified atom stereocenters. The van der Waals surface area contributed by atoms with Gasteiger partial charge in [0.05, 0.1) is 0 Å². The van der Waals surface area contributed by atoms with Gasteiger partial charge in [-0.25, -0.2) is 0 Å². The molecule has 1 aromatic rings. The molecule has 4 nitrogen and oxygen atoms in total. The molecule has 5 heteroatoms. The van der Waals surface area contributed by atoms with Crippen LogP contribution < -0.4 is 22.5 Å². The van der Waals surface area contributed by atoms with Crippen LogP contribution in [0.3, 0.4) is 0 Å². The molecule has 0 saturated heterocycles. The monoisotopic (exact) mass is 327 g/mol. The third-order valence-electron chi connectivity index (χ3n) is 3.56. The third-order valence-corrected chi connectivity index (χ3v) is 3.56. The summed E-state index contributed by atoms with van der Waals surface area (Å²) in [6.07, 6.45) is 1.79. The first kappa shape index (κ1) is 18.9. The molecule has 0 fully saturated rings. The van der Waals surface area contributed by atoms with E-state index in [0.717, 1.165) is 29.7 Å². The Hall–Kier alpha value is -1.10. The first-order valence-electron chi connectivity index (χ1n) is 7.58. The second-order valence-corrected chi connectivity index (χ2v) is 6.65. The molecule has 1 aromatic carbocycles. The highest BCUT2D eigenvalue weighted by molar-refractivity contribution is 5.99. The fraction of sp³-hybridized carbons (Fsp3) is 0.588. The number of benzene rings is 1. The first-order chi connectivity index (χ1) is 9.87. The maximum atomic E-state index is 11.9. The maximum absolute atomic E-state index is 11.9. The van der Waals surface area contributed by atoms with Crippen LogP contribution in [0.15, 0.2) is 18.2 Å². The lowest BCUT2D eigenvalue weighted by Gasteiger charge is -2.24. The van der Waals surface area contributed by atoms with Gasteiger partial charge in [-0.2, -0.15) is 0 Å². The molecule has 1 aliphatic carbocycles. The quantitative estimate of drug-likeness (QED) is 0.762. The van der Waals surface area contributed by atoms with Crippen molar-refractivity contribution < 1.29 is 28.5 Å². The van der Waals surface area contributed by atoms with Gasteiger partial charge in [0.15, 0.2) is 5.78 Å². The van der Waals surface area contributed by atoms with E-state index in [0.29, 0.717) is 13.0 Å². The van der Waals surface area contributed by atoms with Gasteiger partial charge in [0.25, 0.3) is 0 Å². The molecule has 22 heavy (non-hydrogen) atoms. The summed E-state index contributed by atoms with van der Waals surface area (Å²) in [4.78, 5) is 11.9. The summed E-state index contributed by atoms with van der Waals surface area (Å²) >= 11 is 0. The largest absolute Gasteiger partial charge is 1.00 e. The molecule has 0 spiro atoms. The maximum Gasteiger partial charge on any atom is 1.00 e. The molecule has 2 rings (SSSR count). The Kier molecular flexibility index (Phi) is 6.85. The Bertz CT molecular complexity index is 517. The van der Waals surface area contributed by atoms with Gasteiger partial charge < -0.3 is 27.6 Å². The summed E-state index contributed by atoms with van der Waals surface area (Å²) < 4.78 is 5.74. The molecule has 1 atom stereocenters. The zero-order chi connectivity index (χ0) is 15.5. The van der Waals surface area contributed by atoms with Gasteiger partial charge in [-0.3, -0.25) is 4.79 Å². The SMILES string of the molecule is CC(C)(C)NCC(O)COc1cccc2c1CCCC2=O.[Cl-].[H+]. The second-order valence-electron chi connectivity index (χ2n) is 6.65. The summed E-state index contributed by atoms with van der Waals surface area (Å²) in [6.45, 7) is 6.88. The summed E-state index contributed by atoms with van der Waals surface area (Å²) in [5.41, 5.74) is 1.74. The molecule has 0 amide bonds. The van der Waals surface area contributed by atoms with E-state index in [-0.39, 0.29) is 31.8 Å². The number of ketones is 1. The zero-order valence-electron chi connectivity index (χ0n) is 14.5. The van der Waals surface area contributed by atoms with Crippen LogP contribution >= 0.6 is 0 Å². The highest BCUT2D eigenvalue weighted by atomic mass is 35.5. The van der Waals surface area contributed by atoms with E-state index in [1.807, 2.05) is 18.2 Å². The predicted octanol–water partition coefficient (Wildman–Crippen LogP) is -0.550. The second kappa shape index (κ2) is 7.95. The number of carbonyl (C=O) groups excluding carboxylic acids is 1. The summed E-state index contributed by atoms with van der Waals surface area (Å²) in [5.74, 6) is 0.923. The van der Waals surface area contributed by atoms with Gasteiger partial charge in [0.1, 0.15) is 18.5 Å². The van der Waals surface area contributed by atoms with E-state index in [1.54, 1.807) is 0 Å². The number of aliphatic hydroxyl groups is 1. The number of carbonyl (C=O) groups is 1. The number of Topliss-reactive ketones (excluding diaryl/α,β-unsaturated/α-hetero) is 1. The van der Waals surface area contributed by atoms with E-state index >= 15 is 0 Å². The number of aliphatic hydroxyl groups excluding tert-OH is 1. The van der Waals surface area contributed by atoms with Crippen molar-refractivity contribution in [2.45, 2.75) is 51.7 Å². The van der Waals surface area contributed by atoms with Crippen LogP contribution in [-0.4, -0.2) is 35.7 Å². The molecule has 0 heterocycles. The molecule has 0 bridgehead atoms. The predicted molar refractivity (Wildman–Crippen MR) is 84.1 cm³/mol. The third kappa shape index (κ3) is 5.27. The van der Waals surface area contributed by atoms with Crippen LogP contribution in [0.4, 0.5) is 0 Å². The van der Waals surface area contributed by atoms with Gasteiger partial charge in [-0.15, -0.1) is 0 Å². The lowest BCUT2D eigenvalue weighted by molar-refractivity contribution is -0.0000146. The van der Waals surface area contributed by atoms with Gasteiger partial charge in [-0.05, 0) is 39.7 Å². The van der Waals surface area contributed by atoms with Gasteiger partial charge in [0, 0.05) is 29.6 Å². The van der Waals surface area contributed by atoms with Crippen LogP contribution in [0.2, 0.25) is 0 Å². The zero-order valence-corrected chi connectivity index (χ0v) is 14.2. The van der Waals surface area contributed by atoms with Crippen LogP contribution in [0.1, 0.15) is 51.0 Å². The van der Waals surface area contributed by atoms with Crippen molar-refractivity contribution in [2.75, 3.05) is 13.2 Å². The highest BCUT2D eigenvalue weighted by Crippen LogP contribution is 2.29. The lowest BCUT2D eigenvalue weighted by Crippen LogP contribution is -3.00. The summed E-state index contributed by atoms with van der Waals surface area (Å²) in [5, 5.41) is 13.2. The Balaban J connectivity index is 0.00000242. The minimum atomic E-state index is -0.570. The highest BCUT2D eigenvalue weighted by Gasteiger charge is 2.20. The molecular formula is C17H26ClNO3. The van der Waals surface area contributed by atoms with E-state index in [2.05, 4.69) is 26.1 Å². The minimum absolute atomic E-state index is 0. The van der Waals surface area contributed by atoms with Gasteiger partial charge in [0.2, 0.25) is 0 Å². The number of rotatable bonds is 5. The fourth-order valence-electron chi connectivity index (χ4n) is 2.45. The molecular weight excluding hydrogens is 302 g/mol. The normalized spacial score (nSPS) is 15.7. The number of β-amino-alcohol motifs (C(OH)–C–C–N with tert-alkyl or cyclic N) is 1. The van der Waals surface area contributed by atoms with Crippen molar-refractivity contribution in [3.05, 3.63) is 29.3 Å². The Labute approximate surface area is 140 Å². The fourth-order valence-corrected chi connectivity index (χ4v) is 2.45. The molecule has 0 saturated carbocycles. The van der Waals surface area contributed by atoms with Crippen molar-refractivity contribution in [1.82, 2.24) is 5.32 Å². The first-order valence-corrected chi connectivity index (χ1v) is 7.58. The Morgan fingerprint density at radius 1 is 1.36 bits per heavy atom. The van der Waals surface area contributed by atoms with Crippen molar-refractivity contribution >= 4 is 5.78 Å². The Morgan fingerprint density at radius 3 is 2.77 bits per heavy atom. The van der Waals surface area contributed by atoms with E-state index in [9.17, 15) is 9.90 Å². The molecule has 0 radical (unpaired) electrons. The van der Waals surface area contributed by atoms with Crippen LogP contribution in [0.25, 0.3) is 0 Å². The number of hydrogen-bond donors (Lipinski definition) is 2. The van der Waals surface area contributed by atoms with E-state index in [1.165, 1.54) is 0 Å². The van der Waals surface area contributed by atoms with Crippen LogP contribution in [0.5, 0.6) is 5.75 Å². The van der Waals surface area contributed by atoms with Crippen LogP contribution in [0, 0.1) is 0 Å². The Morgan fingerprint density at radius 2 is 2.09 bits per heavy atom. The lowest BCUT2D eigenvalue weighted by atomic mass is 9.90. The average molecular weight is 328 g/mol. The van der Waals surface area contributed by atoms with Crippen molar-refractivity contribution in [3.8, 4) is 5.75 Å². The number of halogens is 1. The number of ether oxygens (including phenoxy) is 1. The number of hydrogen-bond acceptors (Lipinski definition) is 4. The van der Waals surface area contributed by atoms with Crippen molar-refractivity contribution in [1.29, 1.82) is 0 Å². The van der Waals surface area contributed by atoms with E-state index in [4.69, 9.17) is 4.74 Å². The molecule has 0 aliphatic heterocycles. The average Bonchev–Trinajstić information content (AvgIpc) is 2.42. The topological polar surface area (TPSA) is 58.6 Å². The minimum Gasteiger partial charge on any atom is -1.00 e. The summed E-state index contributed by atoms with van der Waals surface area (Å²) in [7, 11) is 0. The van der Waals surface area contributed by atoms with Crippen LogP contribution in [-0.2, 0) is 6.42 Å². The number of fused-ring (bicyclic) bond motifs is 1. The standard InChI is InChI=1S/C17H25NO3.ClH/c1-17(2,3)18-10-12(19)11-21-16-9-5-6-13-14(16)7-4-8-15(13)20;/h5-6,9,12,18-19H,4,7-8,10-11H2,1-3H3;1H. The molecule has 1 aliphatic rings. The molecule has 2 N–H and O–H groups in total. The molecule has 124 valence electrons. The van der Waals surface area contributed by atoms with E-state index < -0.39 is 6.10 Å².